The molecule has 2 N–H and O–H groups in total. The molecule has 0 aromatic carbocycles. The third-order valence-electron chi connectivity index (χ3n) is 3.51. The molecular weight excluding hydrogens is 172 g/mol. The van der Waals surface area contributed by atoms with Crippen LogP contribution in [0.4, 0.5) is 0 Å². The maximum absolute atomic E-state index is 3.66. The Morgan fingerprint density at radius 2 is 2.07 bits per heavy atom. The van der Waals surface area contributed by atoms with Gasteiger partial charge in [0.25, 0.3) is 0 Å². The molecule has 14 heavy (non-hydrogen) atoms. The van der Waals surface area contributed by atoms with Gasteiger partial charge in [0.2, 0.25) is 0 Å². The second-order valence-electron chi connectivity index (χ2n) is 4.66. The monoisotopic (exact) mass is 192 g/mol. The van der Waals surface area contributed by atoms with Crippen molar-refractivity contribution in [3.05, 3.63) is 24.0 Å². The van der Waals surface area contributed by atoms with E-state index >= 15 is 0 Å². The van der Waals surface area contributed by atoms with Gasteiger partial charge in [-0.1, -0.05) is 13.8 Å². The number of rotatable bonds is 3. The summed E-state index contributed by atoms with van der Waals surface area (Å²) in [5.74, 6) is 1.67. The molecule has 0 aliphatic heterocycles. The van der Waals surface area contributed by atoms with Crippen LogP contribution < -0.4 is 5.32 Å². The average Bonchev–Trinajstić information content (AvgIpc) is 2.76. The first kappa shape index (κ1) is 9.78. The number of aromatic amines is 1. The molecule has 1 heterocycles. The molecule has 0 bridgehead atoms. The van der Waals surface area contributed by atoms with Crippen molar-refractivity contribution >= 4 is 0 Å². The van der Waals surface area contributed by atoms with Gasteiger partial charge in [-0.15, -0.1) is 0 Å². The molecule has 0 radical (unpaired) electrons. The van der Waals surface area contributed by atoms with Crippen LogP contribution in [-0.4, -0.2) is 11.0 Å². The number of aromatic nitrogens is 1. The number of H-pyrrole nitrogens is 1. The highest BCUT2D eigenvalue weighted by Gasteiger charge is 2.29. The van der Waals surface area contributed by atoms with E-state index in [1.165, 1.54) is 18.4 Å². The van der Waals surface area contributed by atoms with Gasteiger partial charge >= 0.3 is 0 Å². The van der Waals surface area contributed by atoms with Crippen LogP contribution in [-0.2, 0) is 6.54 Å². The van der Waals surface area contributed by atoms with Crippen molar-refractivity contribution in [2.45, 2.75) is 39.3 Å². The first-order valence-corrected chi connectivity index (χ1v) is 5.62. The Labute approximate surface area is 86.1 Å². The average molecular weight is 192 g/mol. The maximum atomic E-state index is 3.66. The van der Waals surface area contributed by atoms with Crippen molar-refractivity contribution in [2.24, 2.45) is 11.8 Å². The highest BCUT2D eigenvalue weighted by Crippen LogP contribution is 2.30. The second-order valence-corrected chi connectivity index (χ2v) is 4.66. The van der Waals surface area contributed by atoms with Crippen molar-refractivity contribution in [3.8, 4) is 0 Å². The lowest BCUT2D eigenvalue weighted by Crippen LogP contribution is -2.34. The van der Waals surface area contributed by atoms with Gasteiger partial charge < -0.3 is 10.3 Å². The van der Waals surface area contributed by atoms with E-state index in [0.717, 1.165) is 18.4 Å². The van der Waals surface area contributed by atoms with Crippen molar-refractivity contribution in [2.75, 3.05) is 0 Å². The van der Waals surface area contributed by atoms with Gasteiger partial charge in [-0.3, -0.25) is 0 Å². The molecule has 1 aromatic heterocycles. The fourth-order valence-corrected chi connectivity index (χ4v) is 2.55. The normalized spacial score (nSPS) is 32.3. The first-order chi connectivity index (χ1) is 6.77. The van der Waals surface area contributed by atoms with E-state index in [1.54, 1.807) is 0 Å². The third-order valence-corrected chi connectivity index (χ3v) is 3.51. The summed E-state index contributed by atoms with van der Waals surface area (Å²) < 4.78 is 0. The Balaban J connectivity index is 1.85. The SMILES string of the molecule is CC1CCC(C)C1NCc1cc[nH]c1. The molecule has 1 fully saturated rings. The summed E-state index contributed by atoms with van der Waals surface area (Å²) >= 11 is 0. The van der Waals surface area contributed by atoms with Gasteiger partial charge in [0.15, 0.2) is 0 Å². The highest BCUT2D eigenvalue weighted by molar-refractivity contribution is 5.08. The van der Waals surface area contributed by atoms with E-state index in [1.807, 2.05) is 6.20 Å². The molecule has 0 amide bonds. The van der Waals surface area contributed by atoms with Crippen LogP contribution in [0, 0.1) is 11.8 Å². The lowest BCUT2D eigenvalue weighted by Gasteiger charge is -2.21. The summed E-state index contributed by atoms with van der Waals surface area (Å²) in [6.45, 7) is 5.72. The van der Waals surface area contributed by atoms with Crippen molar-refractivity contribution in [1.29, 1.82) is 0 Å². The lowest BCUT2D eigenvalue weighted by atomic mass is 10.0. The Bertz CT molecular complexity index is 256. The molecule has 2 unspecified atom stereocenters. The molecule has 0 saturated heterocycles. The third kappa shape index (κ3) is 2.01. The number of nitrogens with one attached hydrogen (secondary N) is 2. The van der Waals surface area contributed by atoms with E-state index in [-0.39, 0.29) is 0 Å². The summed E-state index contributed by atoms with van der Waals surface area (Å²) in [6.07, 6.45) is 6.81. The van der Waals surface area contributed by atoms with Crippen molar-refractivity contribution < 1.29 is 0 Å². The standard InChI is InChI=1S/C12H20N2/c1-9-3-4-10(2)12(9)14-8-11-5-6-13-7-11/h5-7,9-10,12-14H,3-4,8H2,1-2H3. The summed E-state index contributed by atoms with van der Waals surface area (Å²) in [7, 11) is 0. The predicted octanol–water partition coefficient (Wildman–Crippen LogP) is 2.54. The molecular formula is C12H20N2. The van der Waals surface area contributed by atoms with Crippen LogP contribution >= 0.6 is 0 Å². The van der Waals surface area contributed by atoms with Gasteiger partial charge in [0.05, 0.1) is 0 Å². The quantitative estimate of drug-likeness (QED) is 0.756. The Morgan fingerprint density at radius 1 is 1.36 bits per heavy atom. The van der Waals surface area contributed by atoms with Gasteiger partial charge in [0.1, 0.15) is 0 Å². The maximum Gasteiger partial charge on any atom is 0.0223 e. The van der Waals surface area contributed by atoms with Gasteiger partial charge in [-0.2, -0.15) is 0 Å². The van der Waals surface area contributed by atoms with Gasteiger partial charge in [0, 0.05) is 25.0 Å². The van der Waals surface area contributed by atoms with Crippen LogP contribution in [0.15, 0.2) is 18.5 Å². The van der Waals surface area contributed by atoms with Gasteiger partial charge in [-0.05, 0) is 36.3 Å². The molecule has 1 aliphatic rings. The molecule has 78 valence electrons. The second kappa shape index (κ2) is 4.18. The number of hydrogen-bond acceptors (Lipinski definition) is 1. The molecule has 2 heteroatoms. The van der Waals surface area contributed by atoms with E-state index in [2.05, 4.69) is 36.4 Å². The molecule has 1 aliphatic carbocycles. The van der Waals surface area contributed by atoms with Crippen molar-refractivity contribution in [3.63, 3.8) is 0 Å². The lowest BCUT2D eigenvalue weighted by molar-refractivity contribution is 0.365. The minimum atomic E-state index is 0.713. The summed E-state index contributed by atoms with van der Waals surface area (Å²) in [5.41, 5.74) is 1.36. The molecule has 2 nitrogen and oxygen atoms in total. The van der Waals surface area contributed by atoms with Crippen LogP contribution in [0.2, 0.25) is 0 Å². The minimum absolute atomic E-state index is 0.713. The number of hydrogen-bond donors (Lipinski definition) is 2. The van der Waals surface area contributed by atoms with E-state index in [9.17, 15) is 0 Å². The van der Waals surface area contributed by atoms with Crippen LogP contribution in [0.25, 0.3) is 0 Å². The zero-order valence-electron chi connectivity index (χ0n) is 9.09. The summed E-state index contributed by atoms with van der Waals surface area (Å²) in [4.78, 5) is 3.09. The Morgan fingerprint density at radius 3 is 2.64 bits per heavy atom. The van der Waals surface area contributed by atoms with Crippen LogP contribution in [0.1, 0.15) is 32.3 Å². The van der Waals surface area contributed by atoms with Crippen molar-refractivity contribution in [1.82, 2.24) is 10.3 Å². The first-order valence-electron chi connectivity index (χ1n) is 5.62. The fraction of sp³-hybridized carbons (Fsp3) is 0.667. The Hall–Kier alpha value is -0.760. The van der Waals surface area contributed by atoms with Crippen LogP contribution in [0.3, 0.4) is 0 Å². The minimum Gasteiger partial charge on any atom is -0.367 e. The largest absolute Gasteiger partial charge is 0.367 e. The smallest absolute Gasteiger partial charge is 0.0223 e. The van der Waals surface area contributed by atoms with E-state index in [0.29, 0.717) is 6.04 Å². The zero-order chi connectivity index (χ0) is 9.97. The molecule has 1 saturated carbocycles. The fourth-order valence-electron chi connectivity index (χ4n) is 2.55. The van der Waals surface area contributed by atoms with Gasteiger partial charge in [-0.25, -0.2) is 0 Å². The summed E-state index contributed by atoms with van der Waals surface area (Å²) in [5, 5.41) is 3.66. The summed E-state index contributed by atoms with van der Waals surface area (Å²) in [6, 6.07) is 2.85. The molecule has 1 aromatic rings. The molecule has 0 spiro atoms. The van der Waals surface area contributed by atoms with E-state index < -0.39 is 0 Å². The zero-order valence-corrected chi connectivity index (χ0v) is 9.09. The predicted molar refractivity (Wildman–Crippen MR) is 59.0 cm³/mol. The molecule has 2 atom stereocenters. The van der Waals surface area contributed by atoms with E-state index in [4.69, 9.17) is 0 Å². The molecule has 2 rings (SSSR count). The highest BCUT2D eigenvalue weighted by atomic mass is 14.9. The topological polar surface area (TPSA) is 27.8 Å². The Kier molecular flexibility index (Phi) is 2.92. The van der Waals surface area contributed by atoms with Crippen LogP contribution in [0.5, 0.6) is 0 Å².